The highest BCUT2D eigenvalue weighted by Gasteiger charge is 2.19. The molecule has 3 N–H and O–H groups in total. The molecule has 0 aliphatic carbocycles. The molecule has 6 heteroatoms. The Morgan fingerprint density at radius 2 is 1.85 bits per heavy atom. The van der Waals surface area contributed by atoms with Crippen LogP contribution in [0.5, 0.6) is 0 Å². The number of carbonyl (C=O) groups is 1. The zero-order chi connectivity index (χ0) is 15.3. The highest BCUT2D eigenvalue weighted by molar-refractivity contribution is 5.68. The van der Waals surface area contributed by atoms with Crippen molar-refractivity contribution in [3.05, 3.63) is 35.4 Å². The molecule has 20 heavy (non-hydrogen) atoms. The van der Waals surface area contributed by atoms with E-state index in [1.165, 1.54) is 12.1 Å². The summed E-state index contributed by atoms with van der Waals surface area (Å²) in [5, 5.41) is 2.58. The molecule has 4 nitrogen and oxygen atoms in total. The summed E-state index contributed by atoms with van der Waals surface area (Å²) in [4.78, 5) is 11.6. The van der Waals surface area contributed by atoms with Gasteiger partial charge in [0, 0.05) is 18.7 Å². The third-order valence-electron chi connectivity index (χ3n) is 2.41. The summed E-state index contributed by atoms with van der Waals surface area (Å²) in [6.45, 7) is 5.36. The lowest BCUT2D eigenvalue weighted by atomic mass is 10.1. The normalized spacial score (nSPS) is 12.9. The lowest BCUT2D eigenvalue weighted by Gasteiger charge is -2.23. The first kappa shape index (κ1) is 16.4. The van der Waals surface area contributed by atoms with Crippen molar-refractivity contribution in [2.45, 2.75) is 38.8 Å². The molecule has 112 valence electrons. The predicted molar refractivity (Wildman–Crippen MR) is 72.3 cm³/mol. The molecule has 0 heterocycles. The number of halogens is 2. The molecule has 1 aromatic carbocycles. The number of hydrogen-bond donors (Lipinski definition) is 2. The molecule has 0 aromatic heterocycles. The Morgan fingerprint density at radius 3 is 2.30 bits per heavy atom. The van der Waals surface area contributed by atoms with Crippen molar-refractivity contribution in [2.24, 2.45) is 5.73 Å². The van der Waals surface area contributed by atoms with E-state index in [1.807, 2.05) is 0 Å². The van der Waals surface area contributed by atoms with E-state index in [9.17, 15) is 13.6 Å². The quantitative estimate of drug-likeness (QED) is 0.893. The molecule has 0 saturated carbocycles. The minimum Gasteiger partial charge on any atom is -0.444 e. The van der Waals surface area contributed by atoms with Crippen LogP contribution in [0.15, 0.2) is 18.2 Å². The first-order valence-corrected chi connectivity index (χ1v) is 6.34. The molecule has 0 radical (unpaired) electrons. The number of rotatable bonds is 4. The maximum atomic E-state index is 13.1. The number of benzene rings is 1. The van der Waals surface area contributed by atoms with Gasteiger partial charge >= 0.3 is 6.09 Å². The van der Waals surface area contributed by atoms with Crippen LogP contribution in [0.3, 0.4) is 0 Å². The van der Waals surface area contributed by atoms with Crippen LogP contribution < -0.4 is 11.1 Å². The first-order valence-electron chi connectivity index (χ1n) is 6.34. The van der Waals surface area contributed by atoms with Crippen LogP contribution in [0.1, 0.15) is 26.3 Å². The Balaban J connectivity index is 2.65. The number of nitrogens with two attached hydrogens (primary N) is 1. The van der Waals surface area contributed by atoms with Gasteiger partial charge in [-0.05, 0) is 44.9 Å². The van der Waals surface area contributed by atoms with Crippen molar-refractivity contribution in [1.82, 2.24) is 5.32 Å². The lowest BCUT2D eigenvalue weighted by Crippen LogP contribution is -2.44. The number of nitrogens with one attached hydrogen (secondary N) is 1. The Labute approximate surface area is 117 Å². The topological polar surface area (TPSA) is 64.3 Å². The molecule has 0 bridgehead atoms. The van der Waals surface area contributed by atoms with Crippen LogP contribution in [0.4, 0.5) is 13.6 Å². The zero-order valence-electron chi connectivity index (χ0n) is 11.9. The van der Waals surface area contributed by atoms with E-state index in [0.717, 1.165) is 6.07 Å². The number of ether oxygens (including phenoxy) is 1. The molecule has 1 rings (SSSR count). The van der Waals surface area contributed by atoms with Crippen molar-refractivity contribution in [1.29, 1.82) is 0 Å². The molecule has 1 amide bonds. The molecule has 1 atom stereocenters. The number of alkyl carbamates (subject to hydrolysis) is 1. The fraction of sp³-hybridized carbons (Fsp3) is 0.500. The summed E-state index contributed by atoms with van der Waals surface area (Å²) in [5.41, 5.74) is 5.36. The van der Waals surface area contributed by atoms with E-state index in [-0.39, 0.29) is 13.0 Å². The number of hydrogen-bond acceptors (Lipinski definition) is 3. The average Bonchev–Trinajstić information content (AvgIpc) is 2.23. The minimum absolute atomic E-state index is 0.136. The molecule has 0 spiro atoms. The third-order valence-corrected chi connectivity index (χ3v) is 2.41. The molecule has 0 aliphatic heterocycles. The van der Waals surface area contributed by atoms with E-state index in [1.54, 1.807) is 20.8 Å². The van der Waals surface area contributed by atoms with Crippen molar-refractivity contribution in [2.75, 3.05) is 6.54 Å². The van der Waals surface area contributed by atoms with E-state index in [2.05, 4.69) is 5.32 Å². The van der Waals surface area contributed by atoms with E-state index in [4.69, 9.17) is 10.5 Å². The second kappa shape index (κ2) is 6.65. The highest BCUT2D eigenvalue weighted by atomic mass is 19.1. The smallest absolute Gasteiger partial charge is 0.407 e. The van der Waals surface area contributed by atoms with E-state index < -0.39 is 29.4 Å². The van der Waals surface area contributed by atoms with Gasteiger partial charge in [-0.25, -0.2) is 13.6 Å². The van der Waals surface area contributed by atoms with Crippen LogP contribution in [-0.4, -0.2) is 24.3 Å². The van der Waals surface area contributed by atoms with Crippen LogP contribution in [0.2, 0.25) is 0 Å². The van der Waals surface area contributed by atoms with Gasteiger partial charge in [0.2, 0.25) is 0 Å². The van der Waals surface area contributed by atoms with Crippen molar-refractivity contribution < 1.29 is 18.3 Å². The Morgan fingerprint density at radius 1 is 1.30 bits per heavy atom. The summed E-state index contributed by atoms with van der Waals surface area (Å²) >= 11 is 0. The second-order valence-electron chi connectivity index (χ2n) is 5.56. The maximum Gasteiger partial charge on any atom is 0.407 e. The van der Waals surface area contributed by atoms with Gasteiger partial charge in [-0.1, -0.05) is 0 Å². The Bertz CT molecular complexity index is 452. The van der Waals surface area contributed by atoms with E-state index >= 15 is 0 Å². The molecule has 0 fully saturated rings. The first-order chi connectivity index (χ1) is 9.19. The summed E-state index contributed by atoms with van der Waals surface area (Å²) in [6.07, 6.45) is -0.380. The fourth-order valence-electron chi connectivity index (χ4n) is 1.68. The Hall–Kier alpha value is -1.69. The van der Waals surface area contributed by atoms with Gasteiger partial charge < -0.3 is 15.8 Å². The molecule has 0 saturated heterocycles. The summed E-state index contributed by atoms with van der Waals surface area (Å²) < 4.78 is 31.3. The standard InChI is InChI=1S/C14H20F2N2O2/c1-14(2,3)20-13(19)18-12(8-17)6-9-4-10(15)7-11(16)5-9/h4-5,7,12H,6,8,17H2,1-3H3,(H,18,19). The largest absolute Gasteiger partial charge is 0.444 e. The molecule has 1 unspecified atom stereocenters. The predicted octanol–water partition coefficient (Wildman–Crippen LogP) is 2.36. The summed E-state index contributed by atoms with van der Waals surface area (Å²) in [6, 6.07) is 2.76. The number of carbonyl (C=O) groups excluding carboxylic acids is 1. The fourth-order valence-corrected chi connectivity index (χ4v) is 1.68. The lowest BCUT2D eigenvalue weighted by molar-refractivity contribution is 0.0506. The average molecular weight is 286 g/mol. The van der Waals surface area contributed by atoms with Gasteiger partial charge in [-0.15, -0.1) is 0 Å². The van der Waals surface area contributed by atoms with E-state index in [0.29, 0.717) is 5.56 Å². The van der Waals surface area contributed by atoms with Gasteiger partial charge in [-0.3, -0.25) is 0 Å². The summed E-state index contributed by atoms with van der Waals surface area (Å²) in [5.74, 6) is -1.32. The molecular formula is C14H20F2N2O2. The van der Waals surface area contributed by atoms with Gasteiger partial charge in [0.1, 0.15) is 17.2 Å². The van der Waals surface area contributed by atoms with Gasteiger partial charge in [-0.2, -0.15) is 0 Å². The van der Waals surface area contributed by atoms with Crippen LogP contribution in [0.25, 0.3) is 0 Å². The van der Waals surface area contributed by atoms with Gasteiger partial charge in [0.05, 0.1) is 0 Å². The number of amides is 1. The monoisotopic (exact) mass is 286 g/mol. The SMILES string of the molecule is CC(C)(C)OC(=O)NC(CN)Cc1cc(F)cc(F)c1. The second-order valence-corrected chi connectivity index (χ2v) is 5.56. The molecule has 0 aliphatic rings. The highest BCUT2D eigenvalue weighted by Crippen LogP contribution is 2.11. The van der Waals surface area contributed by atoms with Gasteiger partial charge in [0.25, 0.3) is 0 Å². The summed E-state index contributed by atoms with van der Waals surface area (Å²) in [7, 11) is 0. The van der Waals surface area contributed by atoms with Gasteiger partial charge in [0.15, 0.2) is 0 Å². The molecule has 1 aromatic rings. The Kier molecular flexibility index (Phi) is 5.44. The minimum atomic E-state index is -0.659. The van der Waals surface area contributed by atoms with Crippen molar-refractivity contribution >= 4 is 6.09 Å². The molecular weight excluding hydrogens is 266 g/mol. The van der Waals surface area contributed by atoms with Crippen molar-refractivity contribution in [3.8, 4) is 0 Å². The van der Waals surface area contributed by atoms with Crippen molar-refractivity contribution in [3.63, 3.8) is 0 Å². The van der Waals surface area contributed by atoms with Crippen LogP contribution in [-0.2, 0) is 11.2 Å². The maximum absolute atomic E-state index is 13.1. The third kappa shape index (κ3) is 5.97. The van der Waals surface area contributed by atoms with Crippen LogP contribution in [0, 0.1) is 11.6 Å². The zero-order valence-corrected chi connectivity index (χ0v) is 11.9. The van der Waals surface area contributed by atoms with Crippen LogP contribution >= 0.6 is 0 Å².